The lowest BCUT2D eigenvalue weighted by Crippen LogP contribution is -2.37. The lowest BCUT2D eigenvalue weighted by atomic mass is 9.97. The topological polar surface area (TPSA) is 49.8 Å². The lowest BCUT2D eigenvalue weighted by molar-refractivity contribution is 0.0601. The summed E-state index contributed by atoms with van der Waals surface area (Å²) in [5.74, 6) is -0.0128. The third kappa shape index (κ3) is 2.64. The smallest absolute Gasteiger partial charge is 0.339 e. The highest BCUT2D eigenvalue weighted by Crippen LogP contribution is 2.26. The molecule has 0 aromatic heterocycles. The minimum absolute atomic E-state index is 0.205. The van der Waals surface area contributed by atoms with E-state index in [1.807, 2.05) is 18.2 Å². The van der Waals surface area contributed by atoms with Crippen molar-refractivity contribution in [1.82, 2.24) is 0 Å². The molecule has 1 unspecified atom stereocenters. The monoisotopic (exact) mass is 249 g/mol. The minimum Gasteiger partial charge on any atom is -0.465 e. The van der Waals surface area contributed by atoms with Gasteiger partial charge in [0.05, 0.1) is 18.4 Å². The van der Waals surface area contributed by atoms with Gasteiger partial charge in [-0.25, -0.2) is 4.79 Å². The van der Waals surface area contributed by atoms with Crippen LogP contribution in [0.2, 0.25) is 0 Å². The van der Waals surface area contributed by atoms with Gasteiger partial charge in [-0.3, -0.25) is 0 Å². The van der Waals surface area contributed by atoms with Crippen LogP contribution in [0.5, 0.6) is 0 Å². The van der Waals surface area contributed by atoms with E-state index in [0.29, 0.717) is 11.5 Å². The fraction of sp³-hybridized carbons (Fsp3) is 0.500. The maximum Gasteiger partial charge on any atom is 0.339 e. The molecule has 0 spiro atoms. The highest BCUT2D eigenvalue weighted by molar-refractivity contribution is 5.95. The average Bonchev–Trinajstić information content (AvgIpc) is 2.46. The van der Waals surface area contributed by atoms with Crippen LogP contribution < -0.4 is 4.90 Å². The number of piperidine rings is 1. The van der Waals surface area contributed by atoms with Crippen molar-refractivity contribution in [2.24, 2.45) is 5.92 Å². The molecule has 98 valence electrons. The predicted octanol–water partition coefficient (Wildman–Crippen LogP) is 1.68. The van der Waals surface area contributed by atoms with Gasteiger partial charge in [-0.15, -0.1) is 0 Å². The van der Waals surface area contributed by atoms with Crippen molar-refractivity contribution in [3.63, 3.8) is 0 Å². The third-order valence-corrected chi connectivity index (χ3v) is 3.43. The summed E-state index contributed by atoms with van der Waals surface area (Å²) >= 11 is 0. The highest BCUT2D eigenvalue weighted by atomic mass is 16.5. The van der Waals surface area contributed by atoms with Crippen molar-refractivity contribution < 1.29 is 14.6 Å². The number of carbonyl (C=O) groups excluding carboxylic acids is 1. The van der Waals surface area contributed by atoms with Gasteiger partial charge in [0.15, 0.2) is 0 Å². The molecule has 1 aromatic rings. The van der Waals surface area contributed by atoms with E-state index in [0.717, 1.165) is 31.6 Å². The molecule has 0 bridgehead atoms. The van der Waals surface area contributed by atoms with E-state index in [4.69, 9.17) is 4.74 Å². The lowest BCUT2D eigenvalue weighted by Gasteiger charge is -2.34. The van der Waals surface area contributed by atoms with Crippen molar-refractivity contribution in [2.75, 3.05) is 31.7 Å². The first-order valence-electron chi connectivity index (χ1n) is 6.29. The molecular weight excluding hydrogens is 230 g/mol. The maximum absolute atomic E-state index is 11.7. The van der Waals surface area contributed by atoms with Crippen LogP contribution in [0.1, 0.15) is 23.2 Å². The van der Waals surface area contributed by atoms with Crippen LogP contribution in [0.4, 0.5) is 5.69 Å². The molecule has 1 fully saturated rings. The normalized spacial score (nSPS) is 19.7. The fourth-order valence-corrected chi connectivity index (χ4v) is 2.46. The summed E-state index contributed by atoms with van der Waals surface area (Å²) in [5.41, 5.74) is 1.50. The van der Waals surface area contributed by atoms with Gasteiger partial charge in [-0.1, -0.05) is 12.1 Å². The Labute approximate surface area is 107 Å². The molecule has 1 saturated heterocycles. The van der Waals surface area contributed by atoms with E-state index in [9.17, 15) is 9.90 Å². The molecule has 4 nitrogen and oxygen atoms in total. The molecule has 0 aliphatic carbocycles. The number of esters is 1. The van der Waals surface area contributed by atoms with Crippen molar-refractivity contribution in [2.45, 2.75) is 12.8 Å². The van der Waals surface area contributed by atoms with Crippen molar-refractivity contribution in [1.29, 1.82) is 0 Å². The SMILES string of the molecule is COC(=O)c1ccccc1N1CCCC(CO)C1. The summed E-state index contributed by atoms with van der Waals surface area (Å²) in [5, 5.41) is 9.26. The Bertz CT molecular complexity index is 419. The summed E-state index contributed by atoms with van der Waals surface area (Å²) in [6.07, 6.45) is 2.09. The number of hydrogen-bond donors (Lipinski definition) is 1. The zero-order valence-electron chi connectivity index (χ0n) is 10.6. The Morgan fingerprint density at radius 3 is 3.00 bits per heavy atom. The van der Waals surface area contributed by atoms with Gasteiger partial charge >= 0.3 is 5.97 Å². The summed E-state index contributed by atoms with van der Waals surface area (Å²) in [6.45, 7) is 1.92. The molecule has 0 saturated carbocycles. The Morgan fingerprint density at radius 1 is 1.50 bits per heavy atom. The number of para-hydroxylation sites is 1. The number of rotatable bonds is 3. The van der Waals surface area contributed by atoms with Gasteiger partial charge < -0.3 is 14.7 Å². The highest BCUT2D eigenvalue weighted by Gasteiger charge is 2.23. The first-order valence-corrected chi connectivity index (χ1v) is 6.29. The van der Waals surface area contributed by atoms with Crippen LogP contribution in [0.15, 0.2) is 24.3 Å². The first-order chi connectivity index (χ1) is 8.76. The third-order valence-electron chi connectivity index (χ3n) is 3.43. The van der Waals surface area contributed by atoms with Gasteiger partial charge in [0.1, 0.15) is 0 Å². The van der Waals surface area contributed by atoms with Crippen LogP contribution in [0.3, 0.4) is 0 Å². The molecule has 0 amide bonds. The Morgan fingerprint density at radius 2 is 2.28 bits per heavy atom. The van der Waals surface area contributed by atoms with Gasteiger partial charge in [0.2, 0.25) is 0 Å². The van der Waals surface area contributed by atoms with Crippen molar-refractivity contribution in [3.05, 3.63) is 29.8 Å². The van der Waals surface area contributed by atoms with Crippen LogP contribution in [-0.4, -0.2) is 37.9 Å². The van der Waals surface area contributed by atoms with E-state index in [1.54, 1.807) is 6.07 Å². The zero-order valence-corrected chi connectivity index (χ0v) is 10.6. The molecule has 1 aliphatic heterocycles. The van der Waals surface area contributed by atoms with E-state index in [2.05, 4.69) is 4.90 Å². The van der Waals surface area contributed by atoms with Crippen molar-refractivity contribution >= 4 is 11.7 Å². The number of hydrogen-bond acceptors (Lipinski definition) is 4. The van der Waals surface area contributed by atoms with Gasteiger partial charge in [0.25, 0.3) is 0 Å². The molecular formula is C14H19NO3. The number of methoxy groups -OCH3 is 1. The van der Waals surface area contributed by atoms with E-state index in [-0.39, 0.29) is 12.6 Å². The van der Waals surface area contributed by atoms with Crippen LogP contribution in [-0.2, 0) is 4.74 Å². The van der Waals surface area contributed by atoms with E-state index in [1.165, 1.54) is 7.11 Å². The summed E-state index contributed by atoms with van der Waals surface area (Å²) < 4.78 is 4.81. The van der Waals surface area contributed by atoms with Crippen LogP contribution in [0, 0.1) is 5.92 Å². The molecule has 1 aromatic carbocycles. The largest absolute Gasteiger partial charge is 0.465 e. The van der Waals surface area contributed by atoms with Gasteiger partial charge in [-0.05, 0) is 30.9 Å². The molecule has 1 aliphatic rings. The number of aliphatic hydroxyl groups is 1. The van der Waals surface area contributed by atoms with E-state index >= 15 is 0 Å². The molecule has 1 atom stereocenters. The molecule has 1 heterocycles. The molecule has 4 heteroatoms. The fourth-order valence-electron chi connectivity index (χ4n) is 2.46. The number of ether oxygens (including phenoxy) is 1. The molecule has 1 N–H and O–H groups in total. The van der Waals surface area contributed by atoms with Crippen LogP contribution >= 0.6 is 0 Å². The Balaban J connectivity index is 2.24. The standard InChI is InChI=1S/C14H19NO3/c1-18-14(17)12-6-2-3-7-13(12)15-8-4-5-11(9-15)10-16/h2-3,6-7,11,16H,4-5,8-10H2,1H3. The molecule has 18 heavy (non-hydrogen) atoms. The number of carbonyl (C=O) groups is 1. The molecule has 2 rings (SSSR count). The second-order valence-electron chi connectivity index (χ2n) is 4.65. The van der Waals surface area contributed by atoms with Crippen molar-refractivity contribution in [3.8, 4) is 0 Å². The summed E-state index contributed by atoms with van der Waals surface area (Å²) in [6, 6.07) is 7.48. The van der Waals surface area contributed by atoms with E-state index < -0.39 is 0 Å². The second-order valence-corrected chi connectivity index (χ2v) is 4.65. The minimum atomic E-state index is -0.309. The Hall–Kier alpha value is -1.55. The second kappa shape index (κ2) is 5.87. The van der Waals surface area contributed by atoms with Crippen LogP contribution in [0.25, 0.3) is 0 Å². The Kier molecular flexibility index (Phi) is 4.20. The number of aliphatic hydroxyl groups excluding tert-OH is 1. The predicted molar refractivity (Wildman–Crippen MR) is 69.8 cm³/mol. The zero-order chi connectivity index (χ0) is 13.0. The summed E-state index contributed by atoms with van der Waals surface area (Å²) in [7, 11) is 1.39. The number of anilines is 1. The number of nitrogens with zero attached hydrogens (tertiary/aromatic N) is 1. The summed E-state index contributed by atoms with van der Waals surface area (Å²) in [4.78, 5) is 13.9. The first kappa shape index (κ1) is 12.9. The molecule has 0 radical (unpaired) electrons. The maximum atomic E-state index is 11.7. The van der Waals surface area contributed by atoms with Gasteiger partial charge in [0, 0.05) is 19.7 Å². The average molecular weight is 249 g/mol. The quantitative estimate of drug-likeness (QED) is 0.828. The van der Waals surface area contributed by atoms with Gasteiger partial charge in [-0.2, -0.15) is 0 Å². The number of benzene rings is 1.